The molecule has 0 saturated carbocycles. The maximum atomic E-state index is 11.0. The molecule has 0 spiro atoms. The number of hydrogen-bond donors (Lipinski definition) is 0. The van der Waals surface area contributed by atoms with Crippen LogP contribution in [0.3, 0.4) is 0 Å². The molecule has 88 valence electrons. The molecule has 0 bridgehead atoms. The second-order valence-corrected chi connectivity index (χ2v) is 3.34. The van der Waals surface area contributed by atoms with E-state index in [4.69, 9.17) is 9.47 Å². The fourth-order valence-electron chi connectivity index (χ4n) is 1.35. The molecular weight excluding hydrogens is 230 g/mol. The largest absolute Gasteiger partial charge is 0.420 e. The molecule has 1 fully saturated rings. The maximum absolute atomic E-state index is 11.0. The number of rotatable bonds is 2. The molecule has 1 heterocycles. The molecule has 0 unspecified atom stereocenters. The molecular formula is C10H7NO6. The number of carbonyl (C=O) groups excluding carboxylic acids is 2. The van der Waals surface area contributed by atoms with Crippen LogP contribution in [0.4, 0.5) is 5.69 Å². The lowest BCUT2D eigenvalue weighted by Crippen LogP contribution is -2.26. The van der Waals surface area contributed by atoms with E-state index in [1.54, 1.807) is 0 Å². The van der Waals surface area contributed by atoms with E-state index >= 15 is 0 Å². The van der Waals surface area contributed by atoms with Crippen LogP contribution in [0.25, 0.3) is 0 Å². The Bertz CT molecular complexity index is 464. The first-order chi connectivity index (χ1) is 8.06. The Labute approximate surface area is 95.1 Å². The summed E-state index contributed by atoms with van der Waals surface area (Å²) in [7, 11) is 0. The molecule has 1 aromatic carbocycles. The quantitative estimate of drug-likeness (QED) is 0.330. The molecule has 0 N–H and O–H groups in total. The zero-order valence-corrected chi connectivity index (χ0v) is 8.49. The Hall–Kier alpha value is -2.44. The predicted octanol–water partition coefficient (Wildman–Crippen LogP) is 1.08. The average Bonchev–Trinajstić information content (AvgIpc) is 2.28. The number of non-ortho nitro benzene ring substituents is 1. The molecule has 7 nitrogen and oxygen atoms in total. The smallest absolute Gasteiger partial charge is 0.320 e. The molecule has 0 aliphatic carbocycles. The van der Waals surface area contributed by atoms with E-state index in [9.17, 15) is 19.7 Å². The van der Waals surface area contributed by atoms with Gasteiger partial charge in [-0.3, -0.25) is 19.7 Å². The lowest BCUT2D eigenvalue weighted by molar-refractivity contribution is -0.384. The van der Waals surface area contributed by atoms with Crippen LogP contribution in [0.5, 0.6) is 0 Å². The van der Waals surface area contributed by atoms with Gasteiger partial charge in [0.1, 0.15) is 6.42 Å². The minimum absolute atomic E-state index is 0.0952. The Kier molecular flexibility index (Phi) is 2.73. The second-order valence-electron chi connectivity index (χ2n) is 3.34. The van der Waals surface area contributed by atoms with Gasteiger partial charge in [-0.05, 0) is 12.1 Å². The van der Waals surface area contributed by atoms with Crippen molar-refractivity contribution in [3.05, 3.63) is 39.9 Å². The van der Waals surface area contributed by atoms with Crippen molar-refractivity contribution in [2.75, 3.05) is 0 Å². The zero-order valence-electron chi connectivity index (χ0n) is 8.49. The summed E-state index contributed by atoms with van der Waals surface area (Å²) < 4.78 is 9.58. The van der Waals surface area contributed by atoms with Gasteiger partial charge in [0.05, 0.1) is 4.92 Å². The van der Waals surface area contributed by atoms with Crippen LogP contribution in [-0.2, 0) is 19.1 Å². The monoisotopic (exact) mass is 237 g/mol. The minimum atomic E-state index is -1.12. The van der Waals surface area contributed by atoms with Crippen LogP contribution in [-0.4, -0.2) is 16.9 Å². The first-order valence-corrected chi connectivity index (χ1v) is 4.69. The van der Waals surface area contributed by atoms with Crippen molar-refractivity contribution in [1.82, 2.24) is 0 Å². The fraction of sp³-hybridized carbons (Fsp3) is 0.200. The van der Waals surface area contributed by atoms with E-state index < -0.39 is 29.6 Å². The molecule has 1 aliphatic rings. The third-order valence-corrected chi connectivity index (χ3v) is 2.14. The second kappa shape index (κ2) is 4.20. The summed E-state index contributed by atoms with van der Waals surface area (Å²) in [6, 6.07) is 5.22. The Morgan fingerprint density at radius 3 is 2.12 bits per heavy atom. The number of cyclic esters (lactones) is 2. The van der Waals surface area contributed by atoms with Crippen LogP contribution >= 0.6 is 0 Å². The molecule has 0 aromatic heterocycles. The van der Waals surface area contributed by atoms with Gasteiger partial charge in [-0.1, -0.05) is 0 Å². The van der Waals surface area contributed by atoms with Gasteiger partial charge in [-0.15, -0.1) is 0 Å². The minimum Gasteiger partial charge on any atom is -0.420 e. The lowest BCUT2D eigenvalue weighted by atomic mass is 10.2. The van der Waals surface area contributed by atoms with Gasteiger partial charge in [0, 0.05) is 17.7 Å². The number of esters is 2. The highest BCUT2D eigenvalue weighted by molar-refractivity contribution is 5.92. The van der Waals surface area contributed by atoms with Gasteiger partial charge in [0.15, 0.2) is 0 Å². The van der Waals surface area contributed by atoms with Crippen molar-refractivity contribution in [2.45, 2.75) is 12.7 Å². The molecule has 1 aliphatic heterocycles. The number of hydrogen-bond acceptors (Lipinski definition) is 6. The summed E-state index contributed by atoms with van der Waals surface area (Å²) in [5.74, 6) is -1.35. The fourth-order valence-corrected chi connectivity index (χ4v) is 1.35. The summed E-state index contributed by atoms with van der Waals surface area (Å²) in [4.78, 5) is 31.9. The van der Waals surface area contributed by atoms with E-state index in [2.05, 4.69) is 0 Å². The summed E-state index contributed by atoms with van der Waals surface area (Å²) in [5, 5.41) is 10.4. The van der Waals surface area contributed by atoms with Gasteiger partial charge >= 0.3 is 11.9 Å². The standard InChI is InChI=1S/C10H7NO6/c12-8-5-9(13)17-10(16-8)6-1-3-7(4-2-6)11(14)15/h1-4,10H,5H2. The molecule has 7 heteroatoms. The molecule has 2 rings (SSSR count). The van der Waals surface area contributed by atoms with E-state index in [1.165, 1.54) is 24.3 Å². The molecule has 0 amide bonds. The average molecular weight is 237 g/mol. The molecule has 1 saturated heterocycles. The Morgan fingerprint density at radius 1 is 1.12 bits per heavy atom. The topological polar surface area (TPSA) is 95.7 Å². The molecule has 0 atom stereocenters. The van der Waals surface area contributed by atoms with Gasteiger partial charge in [0.25, 0.3) is 12.0 Å². The number of ether oxygens (including phenoxy) is 2. The van der Waals surface area contributed by atoms with Crippen LogP contribution < -0.4 is 0 Å². The van der Waals surface area contributed by atoms with Gasteiger partial charge < -0.3 is 9.47 Å². The van der Waals surface area contributed by atoms with Gasteiger partial charge in [-0.25, -0.2) is 0 Å². The van der Waals surface area contributed by atoms with Crippen molar-refractivity contribution in [1.29, 1.82) is 0 Å². The number of carbonyl (C=O) groups is 2. The summed E-state index contributed by atoms with van der Waals surface area (Å²) >= 11 is 0. The number of nitro benzene ring substituents is 1. The van der Waals surface area contributed by atoms with Gasteiger partial charge in [0.2, 0.25) is 0 Å². The maximum Gasteiger partial charge on any atom is 0.320 e. The molecule has 17 heavy (non-hydrogen) atoms. The highest BCUT2D eigenvalue weighted by atomic mass is 16.7. The van der Waals surface area contributed by atoms with Crippen LogP contribution in [0.15, 0.2) is 24.3 Å². The summed E-state index contributed by atoms with van der Waals surface area (Å²) in [6.07, 6.45) is -1.53. The Morgan fingerprint density at radius 2 is 1.65 bits per heavy atom. The number of benzene rings is 1. The lowest BCUT2D eigenvalue weighted by Gasteiger charge is -2.22. The van der Waals surface area contributed by atoms with Crippen molar-refractivity contribution in [2.24, 2.45) is 0 Å². The van der Waals surface area contributed by atoms with Crippen molar-refractivity contribution >= 4 is 17.6 Å². The third kappa shape index (κ3) is 2.39. The summed E-state index contributed by atoms with van der Waals surface area (Å²) in [5.41, 5.74) is 0.277. The molecule has 0 radical (unpaired) electrons. The Balaban J connectivity index is 2.19. The number of nitro groups is 1. The van der Waals surface area contributed by atoms with E-state index in [0.29, 0.717) is 5.56 Å². The van der Waals surface area contributed by atoms with Crippen LogP contribution in [0.1, 0.15) is 18.3 Å². The molecule has 1 aromatic rings. The SMILES string of the molecule is O=C1CC(=O)OC(c2ccc([N+](=O)[O-])cc2)O1. The predicted molar refractivity (Wildman–Crippen MR) is 52.6 cm³/mol. The van der Waals surface area contributed by atoms with E-state index in [0.717, 1.165) is 0 Å². The van der Waals surface area contributed by atoms with E-state index in [-0.39, 0.29) is 5.69 Å². The highest BCUT2D eigenvalue weighted by Gasteiger charge is 2.29. The summed E-state index contributed by atoms with van der Waals surface area (Å²) in [6.45, 7) is 0. The van der Waals surface area contributed by atoms with Crippen molar-refractivity contribution < 1.29 is 24.0 Å². The van der Waals surface area contributed by atoms with E-state index in [1.807, 2.05) is 0 Å². The van der Waals surface area contributed by atoms with Crippen LogP contribution in [0, 0.1) is 10.1 Å². The first kappa shape index (κ1) is 11.1. The number of nitrogens with zero attached hydrogens (tertiary/aromatic N) is 1. The third-order valence-electron chi connectivity index (χ3n) is 2.14. The zero-order chi connectivity index (χ0) is 12.4. The normalized spacial score (nSPS) is 16.2. The highest BCUT2D eigenvalue weighted by Crippen LogP contribution is 2.25. The van der Waals surface area contributed by atoms with Crippen LogP contribution in [0.2, 0.25) is 0 Å². The van der Waals surface area contributed by atoms with Crippen molar-refractivity contribution in [3.63, 3.8) is 0 Å². The van der Waals surface area contributed by atoms with Crippen molar-refractivity contribution in [3.8, 4) is 0 Å². The first-order valence-electron chi connectivity index (χ1n) is 4.69. The van der Waals surface area contributed by atoms with Gasteiger partial charge in [-0.2, -0.15) is 0 Å².